The van der Waals surface area contributed by atoms with E-state index in [4.69, 9.17) is 11.6 Å². The van der Waals surface area contributed by atoms with Crippen LogP contribution >= 0.6 is 11.6 Å². The molecule has 1 aliphatic carbocycles. The number of benzene rings is 1. The molecule has 0 spiro atoms. The number of hydrogen-bond donors (Lipinski definition) is 1. The van der Waals surface area contributed by atoms with Crippen LogP contribution in [0.15, 0.2) is 24.3 Å². The summed E-state index contributed by atoms with van der Waals surface area (Å²) in [7, 11) is 0. The van der Waals surface area contributed by atoms with E-state index >= 15 is 0 Å². The first-order valence-electron chi connectivity index (χ1n) is 8.55. The minimum Gasteiger partial charge on any atom is -0.350 e. The molecule has 5 heteroatoms. The van der Waals surface area contributed by atoms with E-state index in [1.54, 1.807) is 0 Å². The highest BCUT2D eigenvalue weighted by molar-refractivity contribution is 6.30. The lowest BCUT2D eigenvalue weighted by atomic mass is 10.0. The van der Waals surface area contributed by atoms with Gasteiger partial charge in [-0.15, -0.1) is 0 Å². The summed E-state index contributed by atoms with van der Waals surface area (Å²) in [6.07, 6.45) is 3.12. The third kappa shape index (κ3) is 3.75. The zero-order valence-electron chi connectivity index (χ0n) is 14.6. The average molecular weight is 349 g/mol. The molecule has 1 saturated carbocycles. The van der Waals surface area contributed by atoms with Crippen molar-refractivity contribution in [1.29, 1.82) is 0 Å². The first kappa shape index (κ1) is 17.3. The van der Waals surface area contributed by atoms with E-state index < -0.39 is 0 Å². The second-order valence-corrected chi connectivity index (χ2v) is 8.59. The van der Waals surface area contributed by atoms with E-state index in [9.17, 15) is 9.59 Å². The van der Waals surface area contributed by atoms with Crippen molar-refractivity contribution in [3.63, 3.8) is 0 Å². The molecular formula is C19H25ClN2O2. The Morgan fingerprint density at radius 3 is 2.42 bits per heavy atom. The topological polar surface area (TPSA) is 49.4 Å². The third-order valence-electron chi connectivity index (χ3n) is 5.00. The second kappa shape index (κ2) is 6.07. The van der Waals surface area contributed by atoms with Crippen molar-refractivity contribution in [1.82, 2.24) is 10.2 Å². The monoisotopic (exact) mass is 348 g/mol. The van der Waals surface area contributed by atoms with Gasteiger partial charge in [-0.25, -0.2) is 0 Å². The molecule has 24 heavy (non-hydrogen) atoms. The van der Waals surface area contributed by atoms with Gasteiger partial charge in [0.1, 0.15) is 0 Å². The molecule has 1 aromatic rings. The number of nitrogens with zero attached hydrogens (tertiary/aromatic N) is 1. The van der Waals surface area contributed by atoms with E-state index in [1.165, 1.54) is 5.56 Å². The number of rotatable bonds is 4. The van der Waals surface area contributed by atoms with Gasteiger partial charge in [0.2, 0.25) is 11.8 Å². The summed E-state index contributed by atoms with van der Waals surface area (Å²) in [6.45, 7) is 6.54. The molecule has 0 aromatic heterocycles. The highest BCUT2D eigenvalue weighted by Gasteiger charge is 2.47. The van der Waals surface area contributed by atoms with Gasteiger partial charge in [-0.2, -0.15) is 0 Å². The number of carbonyl (C=O) groups excluding carboxylic acids is 2. The molecule has 4 nitrogen and oxygen atoms in total. The third-order valence-corrected chi connectivity index (χ3v) is 5.26. The van der Waals surface area contributed by atoms with Gasteiger partial charge in [-0.1, -0.05) is 23.7 Å². The summed E-state index contributed by atoms with van der Waals surface area (Å²) in [5.41, 5.74) is 0.812. The van der Waals surface area contributed by atoms with Crippen LogP contribution in [0.4, 0.5) is 0 Å². The Labute approximate surface area is 148 Å². The quantitative estimate of drug-likeness (QED) is 0.908. The van der Waals surface area contributed by atoms with Crippen molar-refractivity contribution < 1.29 is 9.59 Å². The number of carbonyl (C=O) groups is 2. The Morgan fingerprint density at radius 1 is 1.29 bits per heavy atom. The molecule has 2 aliphatic rings. The Hall–Kier alpha value is -1.55. The average Bonchev–Trinajstić information content (AvgIpc) is 3.10. The molecule has 130 valence electrons. The van der Waals surface area contributed by atoms with Gasteiger partial charge >= 0.3 is 0 Å². The SMILES string of the molecule is CC(C)(C)N1CC(C(=O)NC2(Cc3ccc(Cl)cc3)CC2)CC1=O. The van der Waals surface area contributed by atoms with Crippen molar-refractivity contribution in [2.75, 3.05) is 6.54 Å². The predicted molar refractivity (Wildman–Crippen MR) is 94.8 cm³/mol. The number of hydrogen-bond acceptors (Lipinski definition) is 2. The number of amides is 2. The summed E-state index contributed by atoms with van der Waals surface area (Å²) < 4.78 is 0. The van der Waals surface area contributed by atoms with E-state index in [-0.39, 0.29) is 28.8 Å². The normalized spacial score (nSPS) is 22.6. The van der Waals surface area contributed by atoms with Crippen LogP contribution in [-0.4, -0.2) is 34.3 Å². The van der Waals surface area contributed by atoms with E-state index in [0.717, 1.165) is 24.3 Å². The van der Waals surface area contributed by atoms with Crippen molar-refractivity contribution >= 4 is 23.4 Å². The van der Waals surface area contributed by atoms with Gasteiger partial charge in [0.15, 0.2) is 0 Å². The summed E-state index contributed by atoms with van der Waals surface area (Å²) in [5.74, 6) is -0.147. The molecule has 1 atom stereocenters. The minimum absolute atomic E-state index is 0.0153. The largest absolute Gasteiger partial charge is 0.350 e. The van der Waals surface area contributed by atoms with Crippen LogP contribution in [0, 0.1) is 5.92 Å². The molecule has 1 saturated heterocycles. The van der Waals surface area contributed by atoms with E-state index in [0.29, 0.717) is 13.0 Å². The summed E-state index contributed by atoms with van der Waals surface area (Å²) in [5, 5.41) is 3.94. The zero-order chi connectivity index (χ0) is 17.5. The Balaban J connectivity index is 1.61. The maximum atomic E-state index is 12.7. The van der Waals surface area contributed by atoms with Crippen LogP contribution in [0.5, 0.6) is 0 Å². The van der Waals surface area contributed by atoms with Crippen LogP contribution in [0.3, 0.4) is 0 Å². The Bertz CT molecular complexity index is 644. The molecule has 0 bridgehead atoms. The van der Waals surface area contributed by atoms with Gasteiger partial charge in [0, 0.05) is 29.1 Å². The fourth-order valence-electron chi connectivity index (χ4n) is 3.38. The van der Waals surface area contributed by atoms with Crippen LogP contribution in [0.1, 0.15) is 45.6 Å². The molecule has 3 rings (SSSR count). The van der Waals surface area contributed by atoms with Gasteiger partial charge in [-0.3, -0.25) is 9.59 Å². The number of likely N-dealkylation sites (tertiary alicyclic amines) is 1. The van der Waals surface area contributed by atoms with Crippen molar-refractivity contribution in [2.24, 2.45) is 5.92 Å². The lowest BCUT2D eigenvalue weighted by Gasteiger charge is -2.32. The fourth-order valence-corrected chi connectivity index (χ4v) is 3.51. The predicted octanol–water partition coefficient (Wildman–Crippen LogP) is 3.18. The molecule has 2 amide bonds. The maximum absolute atomic E-state index is 12.7. The van der Waals surface area contributed by atoms with Gasteiger partial charge < -0.3 is 10.2 Å². The van der Waals surface area contributed by atoms with Crippen LogP contribution in [0.25, 0.3) is 0 Å². The molecule has 1 aliphatic heterocycles. The second-order valence-electron chi connectivity index (χ2n) is 8.15. The first-order chi connectivity index (χ1) is 11.2. The van der Waals surface area contributed by atoms with E-state index in [1.807, 2.05) is 49.9 Å². The molecule has 2 fully saturated rings. The Kier molecular flexibility index (Phi) is 4.37. The molecule has 1 N–H and O–H groups in total. The maximum Gasteiger partial charge on any atom is 0.225 e. The summed E-state index contributed by atoms with van der Waals surface area (Å²) in [6, 6.07) is 7.78. The summed E-state index contributed by atoms with van der Waals surface area (Å²) in [4.78, 5) is 26.6. The number of halogens is 1. The molecule has 1 aromatic carbocycles. The Morgan fingerprint density at radius 2 is 1.92 bits per heavy atom. The van der Waals surface area contributed by atoms with Crippen LogP contribution < -0.4 is 5.32 Å². The molecule has 0 radical (unpaired) electrons. The van der Waals surface area contributed by atoms with Crippen molar-refractivity contribution in [3.8, 4) is 0 Å². The van der Waals surface area contributed by atoms with E-state index in [2.05, 4.69) is 5.32 Å². The highest BCUT2D eigenvalue weighted by Crippen LogP contribution is 2.39. The van der Waals surface area contributed by atoms with Crippen LogP contribution in [-0.2, 0) is 16.0 Å². The van der Waals surface area contributed by atoms with Crippen molar-refractivity contribution in [3.05, 3.63) is 34.9 Å². The lowest BCUT2D eigenvalue weighted by molar-refractivity contribution is -0.132. The highest BCUT2D eigenvalue weighted by atomic mass is 35.5. The first-order valence-corrected chi connectivity index (χ1v) is 8.93. The smallest absolute Gasteiger partial charge is 0.225 e. The van der Waals surface area contributed by atoms with Crippen LogP contribution in [0.2, 0.25) is 5.02 Å². The molecular weight excluding hydrogens is 324 g/mol. The van der Waals surface area contributed by atoms with Gasteiger partial charge in [-0.05, 0) is 57.7 Å². The lowest BCUT2D eigenvalue weighted by Crippen LogP contribution is -2.45. The molecule has 1 unspecified atom stereocenters. The fraction of sp³-hybridized carbons (Fsp3) is 0.579. The summed E-state index contributed by atoms with van der Waals surface area (Å²) >= 11 is 5.93. The van der Waals surface area contributed by atoms with Crippen molar-refractivity contribution in [2.45, 2.75) is 57.5 Å². The standard InChI is InChI=1S/C19H25ClN2O2/c1-18(2,3)22-12-14(10-16(22)23)17(24)21-19(8-9-19)11-13-4-6-15(20)7-5-13/h4-7,14H,8-12H2,1-3H3,(H,21,24). The number of nitrogens with one attached hydrogen (secondary N) is 1. The van der Waals surface area contributed by atoms with Gasteiger partial charge in [0.25, 0.3) is 0 Å². The zero-order valence-corrected chi connectivity index (χ0v) is 15.3. The minimum atomic E-state index is -0.237. The van der Waals surface area contributed by atoms with Gasteiger partial charge in [0.05, 0.1) is 5.92 Å². The molecule has 1 heterocycles.